The minimum Gasteiger partial charge on any atom is -0.496 e. The lowest BCUT2D eigenvalue weighted by Gasteiger charge is -2.47. The summed E-state index contributed by atoms with van der Waals surface area (Å²) in [6.07, 6.45) is 7.87. The Kier molecular flexibility index (Phi) is 14.1. The van der Waals surface area contributed by atoms with Crippen LogP contribution in [-0.2, 0) is 56.0 Å². The molecule has 2 aliphatic heterocycles. The van der Waals surface area contributed by atoms with E-state index in [2.05, 4.69) is 84.4 Å². The van der Waals surface area contributed by atoms with Crippen LogP contribution in [0, 0.1) is 6.92 Å². The molecule has 0 bridgehead atoms. The topological polar surface area (TPSA) is 105 Å². The molecule has 0 radical (unpaired) electrons. The highest BCUT2D eigenvalue weighted by atomic mass is 32.2. The minimum atomic E-state index is -3.81. The molecule has 330 valence electrons. The van der Waals surface area contributed by atoms with Crippen LogP contribution in [-0.4, -0.2) is 112 Å². The van der Waals surface area contributed by atoms with Gasteiger partial charge in [0.1, 0.15) is 11.5 Å². The third-order valence-electron chi connectivity index (χ3n) is 12.8. The fraction of sp³-hybridized carbons (Fsp3) is 0.460. The van der Waals surface area contributed by atoms with Gasteiger partial charge in [0.05, 0.1) is 62.4 Å². The van der Waals surface area contributed by atoms with E-state index in [9.17, 15) is 8.42 Å². The van der Waals surface area contributed by atoms with Crippen molar-refractivity contribution >= 4 is 10.1 Å². The van der Waals surface area contributed by atoms with Crippen molar-refractivity contribution in [1.82, 2.24) is 19.6 Å². The molecule has 0 saturated carbocycles. The standard InChI is InChI=1S/C26H31N3O2.C24H31NO5S/c1-3-13-28-17-21(18-29-14-12-23(27-29)19-8-5-4-6-9-19)31-26-16-22-20(15-24(26)28)10-7-11-25(22)30-2;1-4-12-25-15-19(16-29-31(26,27)20-10-8-17(2)9-11-20)30-24-14-21-18(13-22(24)25)6-5-7-23(21)28-3/h4-12,14,21,24,26H,3,13,15-18H2,1-2H3;5-11,19,22,24H,4,12-16H2,1-3H3/t21-,24+,26+;19-,22+,24+/m00/s1. The molecule has 12 heteroatoms. The Bertz CT molecular complexity index is 2350. The Labute approximate surface area is 368 Å². The molecule has 9 rings (SSSR count). The molecule has 6 atom stereocenters. The number of fused-ring (bicyclic) bond motifs is 4. The van der Waals surface area contributed by atoms with Gasteiger partial charge in [0.25, 0.3) is 10.1 Å². The van der Waals surface area contributed by atoms with Gasteiger partial charge in [0.2, 0.25) is 0 Å². The quantitative estimate of drug-likeness (QED) is 0.110. The van der Waals surface area contributed by atoms with Gasteiger partial charge in [-0.05, 0) is 98.3 Å². The second kappa shape index (κ2) is 19.9. The van der Waals surface area contributed by atoms with Crippen molar-refractivity contribution < 1.29 is 31.5 Å². The fourth-order valence-electron chi connectivity index (χ4n) is 9.87. The summed E-state index contributed by atoms with van der Waals surface area (Å²) in [5, 5.41) is 4.81. The van der Waals surface area contributed by atoms with E-state index in [-0.39, 0.29) is 42.0 Å². The molecule has 0 unspecified atom stereocenters. The molecule has 0 spiro atoms. The number of nitrogens with zero attached hydrogens (tertiary/aromatic N) is 4. The van der Waals surface area contributed by atoms with Crippen LogP contribution >= 0.6 is 0 Å². The highest BCUT2D eigenvalue weighted by molar-refractivity contribution is 7.86. The van der Waals surface area contributed by atoms with E-state index in [1.807, 2.05) is 29.8 Å². The van der Waals surface area contributed by atoms with Crippen molar-refractivity contribution in [3.05, 3.63) is 131 Å². The predicted octanol–water partition coefficient (Wildman–Crippen LogP) is 7.56. The Morgan fingerprint density at radius 3 is 1.81 bits per heavy atom. The first kappa shape index (κ1) is 44.1. The third kappa shape index (κ3) is 9.96. The third-order valence-corrected chi connectivity index (χ3v) is 14.1. The molecule has 62 heavy (non-hydrogen) atoms. The number of ether oxygens (including phenoxy) is 4. The lowest BCUT2D eigenvalue weighted by atomic mass is 9.83. The van der Waals surface area contributed by atoms with Crippen molar-refractivity contribution in [3.8, 4) is 22.8 Å². The number of aryl methyl sites for hydroxylation is 1. The second-order valence-corrected chi connectivity index (χ2v) is 18.7. The van der Waals surface area contributed by atoms with E-state index in [0.29, 0.717) is 12.6 Å². The molecule has 2 saturated heterocycles. The van der Waals surface area contributed by atoms with E-state index in [0.717, 1.165) is 93.0 Å². The van der Waals surface area contributed by atoms with Crippen LogP contribution in [0.2, 0.25) is 0 Å². The normalized spacial score (nSPS) is 23.5. The number of hydrogen-bond donors (Lipinski definition) is 0. The van der Waals surface area contributed by atoms with Crippen molar-refractivity contribution in [2.75, 3.05) is 47.0 Å². The van der Waals surface area contributed by atoms with Gasteiger partial charge in [-0.2, -0.15) is 13.5 Å². The highest BCUT2D eigenvalue weighted by Gasteiger charge is 2.42. The molecular formula is C50H62N4O7S. The van der Waals surface area contributed by atoms with Crippen molar-refractivity contribution in [2.45, 2.75) is 107 Å². The van der Waals surface area contributed by atoms with Crippen molar-refractivity contribution in [3.63, 3.8) is 0 Å². The molecule has 11 nitrogen and oxygen atoms in total. The largest absolute Gasteiger partial charge is 0.496 e. The van der Waals surface area contributed by atoms with E-state index in [1.54, 1.807) is 38.5 Å². The molecular weight excluding hydrogens is 801 g/mol. The van der Waals surface area contributed by atoms with Crippen LogP contribution in [0.25, 0.3) is 11.3 Å². The summed E-state index contributed by atoms with van der Waals surface area (Å²) in [5.41, 5.74) is 8.38. The number of morpholine rings is 2. The predicted molar refractivity (Wildman–Crippen MR) is 241 cm³/mol. The van der Waals surface area contributed by atoms with E-state index in [1.165, 1.54) is 22.3 Å². The Morgan fingerprint density at radius 2 is 1.24 bits per heavy atom. The summed E-state index contributed by atoms with van der Waals surface area (Å²) in [6.45, 7) is 10.8. The SMILES string of the molecule is CCCN1C[C@@H](COS(=O)(=O)c2ccc(C)cc2)O[C@@H]2Cc3c(cccc3OC)C[C@H]21.CCCN1C[C@@H](Cn2ccc(-c3ccccc3)n2)O[C@@H]2Cc3c(cccc3OC)C[C@H]21. The van der Waals surface area contributed by atoms with Crippen LogP contribution < -0.4 is 9.47 Å². The second-order valence-electron chi connectivity index (χ2n) is 17.1. The molecule has 5 aromatic rings. The maximum atomic E-state index is 12.6. The summed E-state index contributed by atoms with van der Waals surface area (Å²) < 4.78 is 57.0. The van der Waals surface area contributed by atoms with Crippen molar-refractivity contribution in [2.24, 2.45) is 0 Å². The van der Waals surface area contributed by atoms with Crippen LogP contribution in [0.5, 0.6) is 11.5 Å². The minimum absolute atomic E-state index is 0.0123. The Hall–Kier alpha value is -4.56. The number of hydrogen-bond acceptors (Lipinski definition) is 10. The summed E-state index contributed by atoms with van der Waals surface area (Å²) >= 11 is 0. The molecule has 1 aromatic heterocycles. The smallest absolute Gasteiger partial charge is 0.297 e. The summed E-state index contributed by atoms with van der Waals surface area (Å²) in [6, 6.07) is 32.5. The van der Waals surface area contributed by atoms with E-state index >= 15 is 0 Å². The van der Waals surface area contributed by atoms with Gasteiger partial charge in [0, 0.05) is 49.8 Å². The van der Waals surface area contributed by atoms with E-state index in [4.69, 9.17) is 28.2 Å². The molecule has 4 aromatic carbocycles. The number of methoxy groups -OCH3 is 2. The average Bonchev–Trinajstić information content (AvgIpc) is 3.76. The maximum absolute atomic E-state index is 12.6. The maximum Gasteiger partial charge on any atom is 0.297 e. The van der Waals surface area contributed by atoms with Crippen LogP contribution in [0.15, 0.2) is 108 Å². The monoisotopic (exact) mass is 862 g/mol. The molecule has 2 aliphatic carbocycles. The highest BCUT2D eigenvalue weighted by Crippen LogP contribution is 2.37. The zero-order valence-electron chi connectivity index (χ0n) is 36.8. The molecule has 3 heterocycles. The summed E-state index contributed by atoms with van der Waals surface area (Å²) in [7, 11) is -0.358. The van der Waals surface area contributed by atoms with Gasteiger partial charge in [-0.25, -0.2) is 0 Å². The first-order valence-electron chi connectivity index (χ1n) is 22.3. The first-order chi connectivity index (χ1) is 30.2. The Morgan fingerprint density at radius 1 is 0.677 bits per heavy atom. The van der Waals surface area contributed by atoms with Gasteiger partial charge >= 0.3 is 0 Å². The van der Waals surface area contributed by atoms with Gasteiger partial charge < -0.3 is 18.9 Å². The van der Waals surface area contributed by atoms with Crippen molar-refractivity contribution in [1.29, 1.82) is 0 Å². The average molecular weight is 863 g/mol. The number of benzene rings is 4. The summed E-state index contributed by atoms with van der Waals surface area (Å²) in [4.78, 5) is 5.25. The molecule has 4 aliphatic rings. The summed E-state index contributed by atoms with van der Waals surface area (Å²) in [5.74, 6) is 1.88. The first-order valence-corrected chi connectivity index (χ1v) is 23.7. The molecule has 2 fully saturated rings. The molecule has 0 amide bonds. The fourth-order valence-corrected chi connectivity index (χ4v) is 10.8. The van der Waals surface area contributed by atoms with E-state index < -0.39 is 10.1 Å². The zero-order valence-corrected chi connectivity index (χ0v) is 37.6. The number of rotatable bonds is 13. The molecule has 0 N–H and O–H groups in total. The van der Waals surface area contributed by atoms with Gasteiger partial charge in [-0.15, -0.1) is 0 Å². The van der Waals surface area contributed by atoms with Gasteiger partial charge in [-0.1, -0.05) is 86.1 Å². The van der Waals surface area contributed by atoms with Crippen LogP contribution in [0.3, 0.4) is 0 Å². The van der Waals surface area contributed by atoms with Gasteiger partial charge in [-0.3, -0.25) is 18.7 Å². The lowest BCUT2D eigenvalue weighted by molar-refractivity contribution is -0.132. The van der Waals surface area contributed by atoms with Crippen LogP contribution in [0.1, 0.15) is 54.5 Å². The number of aromatic nitrogens is 2. The van der Waals surface area contributed by atoms with Crippen LogP contribution in [0.4, 0.5) is 0 Å². The Balaban J connectivity index is 0.000000171. The zero-order chi connectivity index (χ0) is 43.2. The van der Waals surface area contributed by atoms with Gasteiger partial charge in [0.15, 0.2) is 0 Å². The lowest BCUT2D eigenvalue weighted by Crippen LogP contribution is -2.59.